The summed E-state index contributed by atoms with van der Waals surface area (Å²) in [7, 11) is 0. The number of nitrogens with zero attached hydrogens (tertiary/aromatic N) is 3. The summed E-state index contributed by atoms with van der Waals surface area (Å²) in [5.74, 6) is 0. The van der Waals surface area contributed by atoms with Crippen molar-refractivity contribution < 1.29 is 0 Å². The van der Waals surface area contributed by atoms with Crippen LogP contribution in [-0.2, 0) is 6.54 Å². The van der Waals surface area contributed by atoms with Crippen LogP contribution in [0.2, 0.25) is 0 Å². The lowest BCUT2D eigenvalue weighted by molar-refractivity contribution is 0.111. The van der Waals surface area contributed by atoms with E-state index in [1.807, 2.05) is 0 Å². The van der Waals surface area contributed by atoms with Crippen LogP contribution in [-0.4, -0.2) is 34.7 Å². The van der Waals surface area contributed by atoms with Crippen molar-refractivity contribution in [2.24, 2.45) is 5.41 Å². The maximum absolute atomic E-state index is 4.24. The van der Waals surface area contributed by atoms with Gasteiger partial charge in [0.15, 0.2) is 0 Å². The third kappa shape index (κ3) is 3.64. The van der Waals surface area contributed by atoms with Gasteiger partial charge in [-0.05, 0) is 31.7 Å². The van der Waals surface area contributed by atoms with E-state index in [0.29, 0.717) is 5.41 Å². The molecule has 1 aliphatic rings. The van der Waals surface area contributed by atoms with Gasteiger partial charge >= 0.3 is 0 Å². The fourth-order valence-electron chi connectivity index (χ4n) is 2.41. The first-order valence-electron chi connectivity index (χ1n) is 6.38. The van der Waals surface area contributed by atoms with Crippen molar-refractivity contribution in [2.45, 2.75) is 40.2 Å². The Kier molecular flexibility index (Phi) is 3.99. The summed E-state index contributed by atoms with van der Waals surface area (Å²) in [6, 6.07) is 0. The Labute approximate surface area is 107 Å². The molecule has 4 nitrogen and oxygen atoms in total. The van der Waals surface area contributed by atoms with Crippen molar-refractivity contribution in [3.8, 4) is 0 Å². The van der Waals surface area contributed by atoms with Crippen molar-refractivity contribution >= 4 is 16.5 Å². The van der Waals surface area contributed by atoms with Gasteiger partial charge in [-0.1, -0.05) is 25.2 Å². The zero-order valence-corrected chi connectivity index (χ0v) is 11.8. The van der Waals surface area contributed by atoms with Crippen LogP contribution in [0, 0.1) is 5.41 Å². The van der Waals surface area contributed by atoms with E-state index in [-0.39, 0.29) is 0 Å². The van der Waals surface area contributed by atoms with E-state index in [1.54, 1.807) is 11.3 Å². The van der Waals surface area contributed by atoms with Gasteiger partial charge in [0.2, 0.25) is 5.13 Å². The lowest BCUT2D eigenvalue weighted by atomic mass is 9.84. The predicted molar refractivity (Wildman–Crippen MR) is 72.4 cm³/mol. The predicted octanol–water partition coefficient (Wildman–Crippen LogP) is 2.59. The molecule has 1 saturated heterocycles. The second-order valence-electron chi connectivity index (χ2n) is 5.51. The number of hydrogen-bond acceptors (Lipinski definition) is 5. The lowest BCUT2D eigenvalue weighted by Gasteiger charge is -2.37. The highest BCUT2D eigenvalue weighted by molar-refractivity contribution is 7.15. The van der Waals surface area contributed by atoms with Crippen molar-refractivity contribution in [2.75, 3.05) is 25.0 Å². The Bertz CT molecular complexity index is 361. The molecule has 0 amide bonds. The Hall–Kier alpha value is -0.680. The summed E-state index contributed by atoms with van der Waals surface area (Å²) in [4.78, 5) is 2.50. The number of nitrogens with one attached hydrogen (secondary N) is 1. The normalized spacial score (nSPS) is 20.4. The molecule has 1 fully saturated rings. The minimum atomic E-state index is 0.452. The summed E-state index contributed by atoms with van der Waals surface area (Å²) in [6.45, 7) is 11.0. The summed E-state index contributed by atoms with van der Waals surface area (Å²) in [6.07, 6.45) is 2.63. The quantitative estimate of drug-likeness (QED) is 0.896. The standard InChI is InChI=1S/C12H22N4S/c1-4-13-11-15-14-10(17-11)8-16-7-5-6-12(2,3)9-16/h4-9H2,1-3H3,(H,13,15). The molecular weight excluding hydrogens is 232 g/mol. The van der Waals surface area contributed by atoms with Crippen LogP contribution >= 0.6 is 11.3 Å². The minimum absolute atomic E-state index is 0.452. The number of likely N-dealkylation sites (tertiary alicyclic amines) is 1. The molecule has 0 saturated carbocycles. The van der Waals surface area contributed by atoms with Crippen LogP contribution in [0.3, 0.4) is 0 Å². The molecule has 1 aliphatic heterocycles. The molecule has 5 heteroatoms. The molecule has 1 aromatic rings. The largest absolute Gasteiger partial charge is 0.360 e. The molecule has 96 valence electrons. The van der Waals surface area contributed by atoms with Gasteiger partial charge in [0, 0.05) is 13.1 Å². The zero-order chi connectivity index (χ0) is 12.3. The van der Waals surface area contributed by atoms with E-state index < -0.39 is 0 Å². The molecule has 2 rings (SSSR count). The van der Waals surface area contributed by atoms with Crippen molar-refractivity contribution in [3.63, 3.8) is 0 Å². The van der Waals surface area contributed by atoms with E-state index >= 15 is 0 Å². The van der Waals surface area contributed by atoms with Gasteiger partial charge in [-0.15, -0.1) is 10.2 Å². The van der Waals surface area contributed by atoms with Gasteiger partial charge < -0.3 is 5.32 Å². The summed E-state index contributed by atoms with van der Waals surface area (Å²) in [5, 5.41) is 13.7. The van der Waals surface area contributed by atoms with Crippen LogP contribution in [0.1, 0.15) is 38.6 Å². The smallest absolute Gasteiger partial charge is 0.205 e. The van der Waals surface area contributed by atoms with Gasteiger partial charge in [0.25, 0.3) is 0 Å². The molecule has 17 heavy (non-hydrogen) atoms. The fourth-order valence-corrected chi connectivity index (χ4v) is 3.26. The Morgan fingerprint density at radius 2 is 2.24 bits per heavy atom. The average molecular weight is 254 g/mol. The molecule has 0 atom stereocenters. The van der Waals surface area contributed by atoms with Crippen LogP contribution in [0.15, 0.2) is 0 Å². The maximum Gasteiger partial charge on any atom is 0.205 e. The molecule has 2 heterocycles. The highest BCUT2D eigenvalue weighted by atomic mass is 32.1. The third-order valence-corrected chi connectivity index (χ3v) is 4.00. The third-order valence-electron chi connectivity index (χ3n) is 3.13. The maximum atomic E-state index is 4.24. The lowest BCUT2D eigenvalue weighted by Crippen LogP contribution is -2.39. The van der Waals surface area contributed by atoms with Crippen molar-refractivity contribution in [1.29, 1.82) is 0 Å². The molecule has 0 radical (unpaired) electrons. The van der Waals surface area contributed by atoms with Crippen LogP contribution in [0.4, 0.5) is 5.13 Å². The first-order valence-corrected chi connectivity index (χ1v) is 7.19. The highest BCUT2D eigenvalue weighted by Gasteiger charge is 2.26. The van der Waals surface area contributed by atoms with Gasteiger partial charge in [0.1, 0.15) is 5.01 Å². The van der Waals surface area contributed by atoms with Gasteiger partial charge in [-0.3, -0.25) is 4.90 Å². The molecule has 0 bridgehead atoms. The molecule has 1 aromatic heterocycles. The minimum Gasteiger partial charge on any atom is -0.360 e. The molecule has 0 spiro atoms. The SMILES string of the molecule is CCNc1nnc(CN2CCCC(C)(C)C2)s1. The summed E-state index contributed by atoms with van der Waals surface area (Å²) in [5.41, 5.74) is 0.452. The molecule has 1 N–H and O–H groups in total. The second kappa shape index (κ2) is 5.31. The average Bonchev–Trinajstić information content (AvgIpc) is 2.64. The number of piperidine rings is 1. The van der Waals surface area contributed by atoms with Crippen LogP contribution in [0.25, 0.3) is 0 Å². The molecule has 0 unspecified atom stereocenters. The second-order valence-corrected chi connectivity index (χ2v) is 6.57. The highest BCUT2D eigenvalue weighted by Crippen LogP contribution is 2.29. The van der Waals surface area contributed by atoms with E-state index in [0.717, 1.165) is 23.2 Å². The zero-order valence-electron chi connectivity index (χ0n) is 11.0. The molecular formula is C12H22N4S. The Balaban J connectivity index is 1.91. The van der Waals surface area contributed by atoms with Gasteiger partial charge in [0.05, 0.1) is 6.54 Å². The van der Waals surface area contributed by atoms with E-state index in [2.05, 4.69) is 41.2 Å². The number of aromatic nitrogens is 2. The van der Waals surface area contributed by atoms with Gasteiger partial charge in [-0.25, -0.2) is 0 Å². The van der Waals surface area contributed by atoms with E-state index in [4.69, 9.17) is 0 Å². The number of anilines is 1. The first kappa shape index (κ1) is 12.8. The van der Waals surface area contributed by atoms with E-state index in [1.165, 1.54) is 25.9 Å². The van der Waals surface area contributed by atoms with Gasteiger partial charge in [-0.2, -0.15) is 0 Å². The number of hydrogen-bond donors (Lipinski definition) is 1. The fraction of sp³-hybridized carbons (Fsp3) is 0.833. The molecule has 0 aliphatic carbocycles. The van der Waals surface area contributed by atoms with Crippen LogP contribution in [0.5, 0.6) is 0 Å². The first-order chi connectivity index (χ1) is 8.09. The Morgan fingerprint density at radius 3 is 2.94 bits per heavy atom. The summed E-state index contributed by atoms with van der Waals surface area (Å²) >= 11 is 1.68. The summed E-state index contributed by atoms with van der Waals surface area (Å²) < 4.78 is 0. The topological polar surface area (TPSA) is 41.1 Å². The Morgan fingerprint density at radius 1 is 1.41 bits per heavy atom. The van der Waals surface area contributed by atoms with Crippen molar-refractivity contribution in [3.05, 3.63) is 5.01 Å². The number of rotatable bonds is 4. The monoisotopic (exact) mass is 254 g/mol. The van der Waals surface area contributed by atoms with Crippen molar-refractivity contribution in [1.82, 2.24) is 15.1 Å². The van der Waals surface area contributed by atoms with Crippen LogP contribution < -0.4 is 5.32 Å². The van der Waals surface area contributed by atoms with E-state index in [9.17, 15) is 0 Å². The molecule has 0 aromatic carbocycles.